The van der Waals surface area contributed by atoms with Crippen LogP contribution in [0.5, 0.6) is 0 Å². The number of rotatable bonds is 5. The lowest BCUT2D eigenvalue weighted by Crippen LogP contribution is -2.15. The monoisotopic (exact) mass is 444 g/mol. The average Bonchev–Trinajstić information content (AvgIpc) is 3.41. The molecule has 4 rings (SSSR count). The maximum absolute atomic E-state index is 12.7. The highest BCUT2D eigenvalue weighted by Crippen LogP contribution is 2.31. The first-order valence-corrected chi connectivity index (χ1v) is 9.93. The number of nitrogens with zero attached hydrogens (tertiary/aromatic N) is 5. The number of anilines is 1. The van der Waals surface area contributed by atoms with E-state index in [2.05, 4.69) is 25.8 Å². The molecule has 2 aromatic heterocycles. The van der Waals surface area contributed by atoms with Crippen molar-refractivity contribution in [3.05, 3.63) is 71.0 Å². The predicted molar refractivity (Wildman–Crippen MR) is 109 cm³/mol. The normalized spacial score (nSPS) is 11.5. The van der Waals surface area contributed by atoms with Crippen LogP contribution in [0.15, 0.2) is 54.2 Å². The second kappa shape index (κ2) is 8.26. The lowest BCUT2D eigenvalue weighted by Gasteiger charge is -2.09. The van der Waals surface area contributed by atoms with Gasteiger partial charge in [0.2, 0.25) is 5.91 Å². The van der Waals surface area contributed by atoms with Gasteiger partial charge in [0, 0.05) is 16.6 Å². The molecule has 31 heavy (non-hydrogen) atoms. The molecule has 0 spiro atoms. The number of thiazole rings is 1. The standard InChI is InChI=1S/C20H15F3N6OS/c1-12-2-7-15(8-17(12)29-11-24-27-28-29)25-18(30)9-16-10-31-19(26-16)13-3-5-14(6-4-13)20(21,22)23/h2-8,10-11H,9H2,1H3,(H,25,30). The number of hydrogen-bond donors (Lipinski definition) is 1. The van der Waals surface area contributed by atoms with Gasteiger partial charge in [0.1, 0.15) is 11.3 Å². The summed E-state index contributed by atoms with van der Waals surface area (Å²) < 4.78 is 39.6. The van der Waals surface area contributed by atoms with Crippen LogP contribution in [0.3, 0.4) is 0 Å². The molecule has 0 radical (unpaired) electrons. The highest BCUT2D eigenvalue weighted by Gasteiger charge is 2.30. The number of alkyl halides is 3. The van der Waals surface area contributed by atoms with Gasteiger partial charge in [0.15, 0.2) is 0 Å². The van der Waals surface area contributed by atoms with Crippen molar-refractivity contribution in [2.24, 2.45) is 0 Å². The van der Waals surface area contributed by atoms with E-state index in [4.69, 9.17) is 0 Å². The number of aryl methyl sites for hydroxylation is 1. The molecule has 1 N–H and O–H groups in total. The Kier molecular flexibility index (Phi) is 5.51. The molecule has 2 aromatic carbocycles. The lowest BCUT2D eigenvalue weighted by molar-refractivity contribution is -0.137. The van der Waals surface area contributed by atoms with Crippen LogP contribution in [-0.2, 0) is 17.4 Å². The highest BCUT2D eigenvalue weighted by atomic mass is 32.1. The van der Waals surface area contributed by atoms with E-state index in [0.29, 0.717) is 22.0 Å². The van der Waals surface area contributed by atoms with Crippen molar-refractivity contribution in [1.82, 2.24) is 25.2 Å². The minimum absolute atomic E-state index is 0.0330. The number of benzene rings is 2. The van der Waals surface area contributed by atoms with Gasteiger partial charge in [-0.05, 0) is 47.2 Å². The highest BCUT2D eigenvalue weighted by molar-refractivity contribution is 7.13. The third-order valence-corrected chi connectivity index (χ3v) is 5.38. The predicted octanol–water partition coefficient (Wildman–Crippen LogP) is 4.29. The molecule has 0 bridgehead atoms. The van der Waals surface area contributed by atoms with Gasteiger partial charge in [0.25, 0.3) is 0 Å². The number of tetrazole rings is 1. The van der Waals surface area contributed by atoms with E-state index >= 15 is 0 Å². The zero-order chi connectivity index (χ0) is 22.0. The third-order valence-electron chi connectivity index (χ3n) is 4.44. The fraction of sp³-hybridized carbons (Fsp3) is 0.150. The molecule has 1 amide bonds. The number of carbonyl (C=O) groups excluding carboxylic acids is 1. The Bertz CT molecular complexity index is 1200. The number of halogens is 3. The van der Waals surface area contributed by atoms with E-state index in [1.54, 1.807) is 17.5 Å². The summed E-state index contributed by atoms with van der Waals surface area (Å²) in [5.41, 5.74) is 2.64. The molecule has 4 aromatic rings. The summed E-state index contributed by atoms with van der Waals surface area (Å²) in [6.45, 7) is 1.90. The topological polar surface area (TPSA) is 85.6 Å². The molecule has 0 unspecified atom stereocenters. The number of amides is 1. The van der Waals surface area contributed by atoms with Crippen LogP contribution in [-0.4, -0.2) is 31.1 Å². The van der Waals surface area contributed by atoms with Crippen molar-refractivity contribution >= 4 is 22.9 Å². The van der Waals surface area contributed by atoms with E-state index in [0.717, 1.165) is 23.4 Å². The van der Waals surface area contributed by atoms with Gasteiger partial charge < -0.3 is 5.32 Å². The van der Waals surface area contributed by atoms with Crippen LogP contribution < -0.4 is 5.32 Å². The Labute approximate surface area is 178 Å². The number of carbonyl (C=O) groups is 1. The van der Waals surface area contributed by atoms with E-state index < -0.39 is 11.7 Å². The fourth-order valence-corrected chi connectivity index (χ4v) is 3.72. The van der Waals surface area contributed by atoms with E-state index in [-0.39, 0.29) is 12.3 Å². The molecule has 0 aliphatic rings. The van der Waals surface area contributed by atoms with Crippen molar-refractivity contribution < 1.29 is 18.0 Å². The van der Waals surface area contributed by atoms with Crippen molar-refractivity contribution in [2.75, 3.05) is 5.32 Å². The molecule has 0 saturated heterocycles. The number of nitrogens with one attached hydrogen (secondary N) is 1. The Morgan fingerprint density at radius 1 is 1.16 bits per heavy atom. The lowest BCUT2D eigenvalue weighted by atomic mass is 10.1. The summed E-state index contributed by atoms with van der Waals surface area (Å²) in [5, 5.41) is 16.2. The molecule has 7 nitrogen and oxygen atoms in total. The molecule has 0 saturated carbocycles. The van der Waals surface area contributed by atoms with Gasteiger partial charge in [-0.1, -0.05) is 18.2 Å². The molecule has 2 heterocycles. The van der Waals surface area contributed by atoms with Crippen molar-refractivity contribution in [3.63, 3.8) is 0 Å². The summed E-state index contributed by atoms with van der Waals surface area (Å²) in [6, 6.07) is 10.2. The van der Waals surface area contributed by atoms with Crippen LogP contribution in [0.2, 0.25) is 0 Å². The largest absolute Gasteiger partial charge is 0.416 e. The van der Waals surface area contributed by atoms with E-state index in [1.165, 1.54) is 34.5 Å². The first-order chi connectivity index (χ1) is 14.8. The second-order valence-corrected chi connectivity index (χ2v) is 7.56. The van der Waals surface area contributed by atoms with Crippen molar-refractivity contribution in [2.45, 2.75) is 19.5 Å². The number of aromatic nitrogens is 5. The maximum atomic E-state index is 12.7. The minimum Gasteiger partial charge on any atom is -0.326 e. The molecule has 11 heteroatoms. The first kappa shape index (κ1) is 20.7. The molecule has 158 valence electrons. The van der Waals surface area contributed by atoms with Crippen molar-refractivity contribution in [3.8, 4) is 16.3 Å². The number of hydrogen-bond acceptors (Lipinski definition) is 6. The Hall–Kier alpha value is -3.60. The Morgan fingerprint density at radius 2 is 1.94 bits per heavy atom. The van der Waals surface area contributed by atoms with Crippen LogP contribution in [0.4, 0.5) is 18.9 Å². The third kappa shape index (κ3) is 4.77. The first-order valence-electron chi connectivity index (χ1n) is 9.05. The molecule has 0 aliphatic heterocycles. The van der Waals surface area contributed by atoms with Gasteiger partial charge in [-0.3, -0.25) is 4.79 Å². The molecular weight excluding hydrogens is 429 g/mol. The van der Waals surface area contributed by atoms with Crippen molar-refractivity contribution in [1.29, 1.82) is 0 Å². The quantitative estimate of drug-likeness (QED) is 0.496. The Balaban J connectivity index is 1.43. The van der Waals surface area contributed by atoms with Crippen LogP contribution in [0.25, 0.3) is 16.3 Å². The summed E-state index contributed by atoms with van der Waals surface area (Å²) in [6.07, 6.45) is -2.89. The molecule has 0 aliphatic carbocycles. The van der Waals surface area contributed by atoms with E-state index in [1.807, 2.05) is 13.0 Å². The molecular formula is C20H15F3N6OS. The fourth-order valence-electron chi connectivity index (χ4n) is 2.90. The summed E-state index contributed by atoms with van der Waals surface area (Å²) >= 11 is 1.27. The van der Waals surface area contributed by atoms with Gasteiger partial charge in [-0.25, -0.2) is 9.67 Å². The smallest absolute Gasteiger partial charge is 0.326 e. The SMILES string of the molecule is Cc1ccc(NC(=O)Cc2csc(-c3ccc(C(F)(F)F)cc3)n2)cc1-n1cnnn1. The summed E-state index contributed by atoms with van der Waals surface area (Å²) in [5.74, 6) is -0.268. The van der Waals surface area contributed by atoms with Gasteiger partial charge >= 0.3 is 6.18 Å². The van der Waals surface area contributed by atoms with Gasteiger partial charge in [-0.15, -0.1) is 16.4 Å². The minimum atomic E-state index is -4.38. The van der Waals surface area contributed by atoms with E-state index in [9.17, 15) is 18.0 Å². The van der Waals surface area contributed by atoms with Crippen LogP contribution >= 0.6 is 11.3 Å². The van der Waals surface area contributed by atoms with Gasteiger partial charge in [0.05, 0.1) is 23.4 Å². The van der Waals surface area contributed by atoms with Crippen LogP contribution in [0, 0.1) is 6.92 Å². The average molecular weight is 444 g/mol. The Morgan fingerprint density at radius 3 is 2.61 bits per heavy atom. The van der Waals surface area contributed by atoms with Crippen LogP contribution in [0.1, 0.15) is 16.8 Å². The maximum Gasteiger partial charge on any atom is 0.416 e. The molecule has 0 fully saturated rings. The summed E-state index contributed by atoms with van der Waals surface area (Å²) in [7, 11) is 0. The second-order valence-electron chi connectivity index (χ2n) is 6.70. The zero-order valence-electron chi connectivity index (χ0n) is 16.1. The zero-order valence-corrected chi connectivity index (χ0v) is 16.9. The van der Waals surface area contributed by atoms with Gasteiger partial charge in [-0.2, -0.15) is 13.2 Å². The summed E-state index contributed by atoms with van der Waals surface area (Å²) in [4.78, 5) is 16.8. The molecule has 0 atom stereocenters.